The average Bonchev–Trinajstić information content (AvgIpc) is 2.60. The zero-order chi connectivity index (χ0) is 18.9. The van der Waals surface area contributed by atoms with E-state index in [9.17, 15) is 8.42 Å². The molecule has 2 aromatic rings. The van der Waals surface area contributed by atoms with Crippen molar-refractivity contribution in [3.63, 3.8) is 0 Å². The molecule has 0 fully saturated rings. The molecule has 2 aromatic carbocycles. The van der Waals surface area contributed by atoms with Crippen molar-refractivity contribution in [3.05, 3.63) is 63.1 Å². The Labute approximate surface area is 163 Å². The van der Waals surface area contributed by atoms with Gasteiger partial charge in [-0.1, -0.05) is 35.3 Å². The van der Waals surface area contributed by atoms with Crippen molar-refractivity contribution in [2.24, 2.45) is 0 Å². The highest BCUT2D eigenvalue weighted by molar-refractivity contribution is 7.89. The predicted molar refractivity (Wildman–Crippen MR) is 103 cm³/mol. The molecule has 0 bridgehead atoms. The summed E-state index contributed by atoms with van der Waals surface area (Å²) in [6.45, 7) is 1.18. The van der Waals surface area contributed by atoms with Crippen LogP contribution in [-0.4, -0.2) is 45.2 Å². The summed E-state index contributed by atoms with van der Waals surface area (Å²) in [6.07, 6.45) is 0. The zero-order valence-corrected chi connectivity index (χ0v) is 16.6. The summed E-state index contributed by atoms with van der Waals surface area (Å²) in [5.41, 5.74) is 2.92. The number of hydrogen-bond acceptors (Lipinski definition) is 4. The second kappa shape index (κ2) is 7.84. The number of halogens is 2. The van der Waals surface area contributed by atoms with Crippen LogP contribution in [0, 0.1) is 0 Å². The lowest BCUT2D eigenvalue weighted by Crippen LogP contribution is -2.31. The maximum atomic E-state index is 12.4. The van der Waals surface area contributed by atoms with Gasteiger partial charge in [0.2, 0.25) is 10.0 Å². The highest BCUT2D eigenvalue weighted by atomic mass is 35.5. The first-order valence-electron chi connectivity index (χ1n) is 8.18. The fraction of sp³-hybridized carbons (Fsp3) is 0.333. The Morgan fingerprint density at radius 3 is 2.77 bits per heavy atom. The molecular weight excluding hydrogens is 395 g/mol. The molecule has 1 atom stereocenters. The van der Waals surface area contributed by atoms with Crippen molar-refractivity contribution in [3.8, 4) is 0 Å². The van der Waals surface area contributed by atoms with Crippen molar-refractivity contribution < 1.29 is 13.5 Å². The molecule has 1 aliphatic heterocycles. The van der Waals surface area contributed by atoms with Gasteiger partial charge in [-0.2, -0.15) is 0 Å². The second-order valence-corrected chi connectivity index (χ2v) is 9.01. The van der Waals surface area contributed by atoms with Gasteiger partial charge >= 0.3 is 0 Å². The molecule has 8 heteroatoms. The maximum Gasteiger partial charge on any atom is 0.240 e. The number of nitrogens with zero attached hydrogens (tertiary/aromatic N) is 1. The average molecular weight is 415 g/mol. The molecule has 1 aliphatic rings. The summed E-state index contributed by atoms with van der Waals surface area (Å²) in [5, 5.41) is 10.1. The van der Waals surface area contributed by atoms with Gasteiger partial charge in [0.05, 0.1) is 11.5 Å². The van der Waals surface area contributed by atoms with Crippen LogP contribution >= 0.6 is 23.2 Å². The number of aliphatic hydroxyl groups is 1. The van der Waals surface area contributed by atoms with Gasteiger partial charge < -0.3 is 10.0 Å². The van der Waals surface area contributed by atoms with Gasteiger partial charge in [-0.05, 0) is 48.0 Å². The minimum atomic E-state index is -3.67. The van der Waals surface area contributed by atoms with E-state index >= 15 is 0 Å². The quantitative estimate of drug-likeness (QED) is 0.788. The van der Waals surface area contributed by atoms with E-state index in [1.165, 1.54) is 0 Å². The van der Waals surface area contributed by atoms with Crippen LogP contribution in [0.5, 0.6) is 0 Å². The van der Waals surface area contributed by atoms with Crippen LogP contribution < -0.4 is 4.72 Å². The monoisotopic (exact) mass is 414 g/mol. The third-order valence-corrected chi connectivity index (χ3v) is 6.48. The molecule has 0 aliphatic carbocycles. The fourth-order valence-corrected chi connectivity index (χ4v) is 4.94. The van der Waals surface area contributed by atoms with Crippen LogP contribution in [0.1, 0.15) is 22.6 Å². The SMILES string of the molecule is CN1Cc2c(Cl)cc(Cl)cc2[C@H](c2cccc(S(=O)(=O)NCCO)c2)C1. The van der Waals surface area contributed by atoms with Crippen molar-refractivity contribution in [1.29, 1.82) is 0 Å². The summed E-state index contributed by atoms with van der Waals surface area (Å²) in [6, 6.07) is 10.5. The number of aliphatic hydroxyl groups excluding tert-OH is 1. The van der Waals surface area contributed by atoms with Crippen molar-refractivity contribution >= 4 is 33.2 Å². The number of benzene rings is 2. The van der Waals surface area contributed by atoms with Crippen LogP contribution in [0.25, 0.3) is 0 Å². The summed E-state index contributed by atoms with van der Waals surface area (Å²) < 4.78 is 27.1. The third kappa shape index (κ3) is 4.06. The lowest BCUT2D eigenvalue weighted by Gasteiger charge is -2.33. The smallest absolute Gasteiger partial charge is 0.240 e. The van der Waals surface area contributed by atoms with E-state index in [-0.39, 0.29) is 24.0 Å². The lowest BCUT2D eigenvalue weighted by molar-refractivity contribution is 0.295. The molecule has 2 N–H and O–H groups in total. The van der Waals surface area contributed by atoms with E-state index < -0.39 is 10.0 Å². The topological polar surface area (TPSA) is 69.6 Å². The van der Waals surface area contributed by atoms with Crippen LogP contribution in [0.3, 0.4) is 0 Å². The summed E-state index contributed by atoms with van der Waals surface area (Å²) in [4.78, 5) is 2.32. The molecule has 26 heavy (non-hydrogen) atoms. The predicted octanol–water partition coefficient (Wildman–Crippen LogP) is 2.84. The van der Waals surface area contributed by atoms with Gasteiger partial charge in [-0.3, -0.25) is 0 Å². The lowest BCUT2D eigenvalue weighted by atomic mass is 9.85. The first-order valence-corrected chi connectivity index (χ1v) is 10.4. The zero-order valence-electron chi connectivity index (χ0n) is 14.2. The number of nitrogens with one attached hydrogen (secondary N) is 1. The molecule has 140 valence electrons. The Morgan fingerprint density at radius 2 is 2.04 bits per heavy atom. The minimum Gasteiger partial charge on any atom is -0.395 e. The number of rotatable bonds is 5. The van der Waals surface area contributed by atoms with E-state index in [0.29, 0.717) is 10.0 Å². The van der Waals surface area contributed by atoms with Crippen molar-refractivity contribution in [2.75, 3.05) is 26.7 Å². The maximum absolute atomic E-state index is 12.4. The van der Waals surface area contributed by atoms with E-state index in [1.54, 1.807) is 24.3 Å². The highest BCUT2D eigenvalue weighted by Gasteiger charge is 2.28. The third-order valence-electron chi connectivity index (χ3n) is 4.47. The molecule has 0 amide bonds. The largest absolute Gasteiger partial charge is 0.395 e. The minimum absolute atomic E-state index is 0.0211. The van der Waals surface area contributed by atoms with Crippen molar-refractivity contribution in [2.45, 2.75) is 17.4 Å². The highest BCUT2D eigenvalue weighted by Crippen LogP contribution is 2.38. The van der Waals surface area contributed by atoms with E-state index in [1.807, 2.05) is 19.2 Å². The Bertz CT molecular complexity index is 919. The summed E-state index contributed by atoms with van der Waals surface area (Å²) in [7, 11) is -1.66. The fourth-order valence-electron chi connectivity index (χ4n) is 3.29. The second-order valence-electron chi connectivity index (χ2n) is 6.40. The number of sulfonamides is 1. The molecule has 0 spiro atoms. The van der Waals surface area contributed by atoms with Crippen molar-refractivity contribution in [1.82, 2.24) is 9.62 Å². The normalized spacial score (nSPS) is 17.9. The Morgan fingerprint density at radius 1 is 1.27 bits per heavy atom. The van der Waals surface area contributed by atoms with Gasteiger partial charge in [0.25, 0.3) is 0 Å². The first-order chi connectivity index (χ1) is 12.3. The van der Waals surface area contributed by atoms with Gasteiger partial charge in [0, 0.05) is 35.6 Å². The van der Waals surface area contributed by atoms with Gasteiger partial charge in [-0.15, -0.1) is 0 Å². The molecule has 0 unspecified atom stereocenters. The van der Waals surface area contributed by atoms with Crippen LogP contribution in [0.15, 0.2) is 41.3 Å². The molecule has 0 saturated carbocycles. The van der Waals surface area contributed by atoms with Gasteiger partial charge in [0.1, 0.15) is 0 Å². The number of fused-ring (bicyclic) bond motifs is 1. The van der Waals surface area contributed by atoms with Crippen LogP contribution in [0.4, 0.5) is 0 Å². The first kappa shape index (κ1) is 19.6. The molecule has 1 heterocycles. The van der Waals surface area contributed by atoms with Gasteiger partial charge in [0.15, 0.2) is 0 Å². The van der Waals surface area contributed by atoms with Crippen LogP contribution in [0.2, 0.25) is 10.0 Å². The summed E-state index contributed by atoms with van der Waals surface area (Å²) >= 11 is 12.6. The molecule has 0 saturated heterocycles. The molecule has 5 nitrogen and oxygen atoms in total. The Balaban J connectivity index is 2.04. The van der Waals surface area contributed by atoms with E-state index in [2.05, 4.69) is 9.62 Å². The molecule has 0 aromatic heterocycles. The molecule has 0 radical (unpaired) electrons. The standard InChI is InChI=1S/C18H20Cl2N2O3S/c1-22-10-16(15-8-13(19)9-18(20)17(15)11-22)12-3-2-4-14(7-12)26(24,25)21-5-6-23/h2-4,7-9,16,21,23H,5-6,10-11H2,1H3/t16-/m0/s1. The van der Waals surface area contributed by atoms with Gasteiger partial charge in [-0.25, -0.2) is 13.1 Å². The Kier molecular flexibility index (Phi) is 5.91. The molecular formula is C18H20Cl2N2O3S. The molecule has 3 rings (SSSR count). The van der Waals surface area contributed by atoms with Crippen LogP contribution in [-0.2, 0) is 16.6 Å². The number of likely N-dealkylation sites (N-methyl/N-ethyl adjacent to an activating group) is 1. The summed E-state index contributed by atoms with van der Waals surface area (Å²) in [5.74, 6) is -0.0343. The van der Waals surface area contributed by atoms with E-state index in [4.69, 9.17) is 28.3 Å². The Hall–Kier alpha value is -1.15. The number of hydrogen-bond donors (Lipinski definition) is 2. The van der Waals surface area contributed by atoms with E-state index in [0.717, 1.165) is 29.8 Å².